The minimum absolute atomic E-state index is 0.652. The molecule has 1 aromatic heterocycles. The van der Waals surface area contributed by atoms with Crippen molar-refractivity contribution in [3.8, 4) is 0 Å². The van der Waals surface area contributed by atoms with E-state index in [1.165, 1.54) is 37.8 Å². The van der Waals surface area contributed by atoms with Crippen LogP contribution in [0.15, 0.2) is 0 Å². The monoisotopic (exact) mass is 206 g/mol. The molecule has 4 heteroatoms. The fourth-order valence-corrected chi connectivity index (χ4v) is 2.34. The molecule has 1 aromatic rings. The van der Waals surface area contributed by atoms with E-state index in [0.717, 1.165) is 18.0 Å². The van der Waals surface area contributed by atoms with Crippen LogP contribution >= 0.6 is 0 Å². The summed E-state index contributed by atoms with van der Waals surface area (Å²) in [6.45, 7) is 0.684. The summed E-state index contributed by atoms with van der Waals surface area (Å²) in [6.07, 6.45) is 7.45. The molecule has 2 fully saturated rings. The quantitative estimate of drug-likeness (QED) is 0.809. The van der Waals surface area contributed by atoms with Crippen LogP contribution in [0.4, 0.5) is 0 Å². The smallest absolute Gasteiger partial charge is 0.0874 e. The van der Waals surface area contributed by atoms with Gasteiger partial charge in [-0.25, -0.2) is 4.68 Å². The van der Waals surface area contributed by atoms with E-state index in [1.54, 1.807) is 0 Å². The molecule has 0 bridgehead atoms. The Bertz CT molecular complexity index is 349. The van der Waals surface area contributed by atoms with Crippen LogP contribution in [0.3, 0.4) is 0 Å². The van der Waals surface area contributed by atoms with Crippen LogP contribution in [-0.4, -0.2) is 21.5 Å². The van der Waals surface area contributed by atoms with Gasteiger partial charge in [-0.15, -0.1) is 5.10 Å². The Morgan fingerprint density at radius 3 is 2.60 bits per heavy atom. The lowest BCUT2D eigenvalue weighted by Gasteiger charge is -2.26. The van der Waals surface area contributed by atoms with Gasteiger partial charge in [0.15, 0.2) is 0 Å². The molecular weight excluding hydrogens is 188 g/mol. The Labute approximate surface area is 89.8 Å². The van der Waals surface area contributed by atoms with Crippen molar-refractivity contribution < 1.29 is 0 Å². The van der Waals surface area contributed by atoms with E-state index in [0.29, 0.717) is 12.6 Å². The Balaban J connectivity index is 1.92. The first kappa shape index (κ1) is 9.33. The zero-order valence-corrected chi connectivity index (χ0v) is 9.02. The van der Waals surface area contributed by atoms with Gasteiger partial charge >= 0.3 is 0 Å². The molecule has 2 N–H and O–H groups in total. The van der Waals surface area contributed by atoms with Gasteiger partial charge in [-0.05, 0) is 32.2 Å². The van der Waals surface area contributed by atoms with Crippen molar-refractivity contribution in [2.24, 2.45) is 5.73 Å². The molecule has 0 unspecified atom stereocenters. The molecule has 4 nitrogen and oxygen atoms in total. The molecule has 82 valence electrons. The van der Waals surface area contributed by atoms with E-state index in [1.807, 2.05) is 0 Å². The summed E-state index contributed by atoms with van der Waals surface area (Å²) >= 11 is 0. The van der Waals surface area contributed by atoms with E-state index >= 15 is 0 Å². The lowest BCUT2D eigenvalue weighted by atomic mass is 9.81. The summed E-state index contributed by atoms with van der Waals surface area (Å²) in [5.41, 5.74) is 8.19. The molecule has 0 spiro atoms. The lowest BCUT2D eigenvalue weighted by molar-refractivity contribution is 0.386. The van der Waals surface area contributed by atoms with Crippen molar-refractivity contribution in [3.05, 3.63) is 11.4 Å². The number of nitrogens with two attached hydrogens (primary N) is 1. The zero-order chi connectivity index (χ0) is 10.3. The predicted molar refractivity (Wildman–Crippen MR) is 57.6 cm³/mol. The number of rotatable bonds is 4. The topological polar surface area (TPSA) is 56.7 Å². The molecule has 0 saturated heterocycles. The molecule has 2 aliphatic carbocycles. The van der Waals surface area contributed by atoms with Crippen LogP contribution in [0.5, 0.6) is 0 Å². The minimum atomic E-state index is 0.652. The van der Waals surface area contributed by atoms with Crippen molar-refractivity contribution in [2.75, 3.05) is 6.54 Å². The second-order valence-corrected chi connectivity index (χ2v) is 4.76. The fourth-order valence-electron chi connectivity index (χ4n) is 2.34. The standard InChI is InChI=1S/C11H18N4/c12-7-6-10-11(8-2-1-3-8)15(14-13-10)9-4-5-9/h8-9H,1-7,12H2. The van der Waals surface area contributed by atoms with Crippen molar-refractivity contribution in [1.29, 1.82) is 0 Å². The van der Waals surface area contributed by atoms with Crippen molar-refractivity contribution in [2.45, 2.75) is 50.5 Å². The third-order valence-electron chi connectivity index (χ3n) is 3.57. The van der Waals surface area contributed by atoms with Gasteiger partial charge < -0.3 is 5.73 Å². The first-order valence-electron chi connectivity index (χ1n) is 6.04. The van der Waals surface area contributed by atoms with Crippen LogP contribution in [0, 0.1) is 0 Å². The van der Waals surface area contributed by atoms with Crippen LogP contribution in [0.25, 0.3) is 0 Å². The molecule has 0 amide bonds. The minimum Gasteiger partial charge on any atom is -0.330 e. The number of aromatic nitrogens is 3. The summed E-state index contributed by atoms with van der Waals surface area (Å²) in [4.78, 5) is 0. The summed E-state index contributed by atoms with van der Waals surface area (Å²) in [6, 6.07) is 0.652. The largest absolute Gasteiger partial charge is 0.330 e. The highest BCUT2D eigenvalue weighted by Crippen LogP contribution is 2.42. The van der Waals surface area contributed by atoms with Gasteiger partial charge in [0.1, 0.15) is 0 Å². The molecule has 2 saturated carbocycles. The molecule has 1 heterocycles. The summed E-state index contributed by atoms with van der Waals surface area (Å²) < 4.78 is 2.19. The Morgan fingerprint density at radius 1 is 1.27 bits per heavy atom. The van der Waals surface area contributed by atoms with Gasteiger partial charge in [0, 0.05) is 12.3 Å². The van der Waals surface area contributed by atoms with E-state index < -0.39 is 0 Å². The first-order chi connectivity index (χ1) is 7.40. The molecule has 0 aromatic carbocycles. The van der Waals surface area contributed by atoms with Crippen molar-refractivity contribution >= 4 is 0 Å². The average Bonchev–Trinajstić information content (AvgIpc) is 2.91. The third-order valence-corrected chi connectivity index (χ3v) is 3.57. The third kappa shape index (κ3) is 1.57. The molecule has 0 aliphatic heterocycles. The van der Waals surface area contributed by atoms with E-state index in [2.05, 4.69) is 15.0 Å². The Morgan fingerprint density at radius 2 is 2.07 bits per heavy atom. The van der Waals surface area contributed by atoms with Gasteiger partial charge in [0.2, 0.25) is 0 Å². The maximum absolute atomic E-state index is 5.61. The Kier molecular flexibility index (Phi) is 2.24. The Hall–Kier alpha value is -0.900. The highest BCUT2D eigenvalue weighted by molar-refractivity contribution is 5.20. The fraction of sp³-hybridized carbons (Fsp3) is 0.818. The molecule has 0 atom stereocenters. The lowest BCUT2D eigenvalue weighted by Crippen LogP contribution is -2.17. The van der Waals surface area contributed by atoms with Gasteiger partial charge in [-0.2, -0.15) is 0 Å². The van der Waals surface area contributed by atoms with E-state index in [-0.39, 0.29) is 0 Å². The SMILES string of the molecule is NCCc1nnn(C2CC2)c1C1CCC1. The van der Waals surface area contributed by atoms with Crippen LogP contribution in [0.1, 0.15) is 55.5 Å². The predicted octanol–water partition coefficient (Wildman–Crippen LogP) is 1.38. The summed E-state index contributed by atoms with van der Waals surface area (Å²) in [7, 11) is 0. The molecule has 0 radical (unpaired) electrons. The van der Waals surface area contributed by atoms with Gasteiger partial charge in [0.05, 0.1) is 17.4 Å². The average molecular weight is 206 g/mol. The summed E-state index contributed by atoms with van der Waals surface area (Å²) in [5, 5.41) is 8.61. The van der Waals surface area contributed by atoms with Crippen molar-refractivity contribution in [1.82, 2.24) is 15.0 Å². The molecule has 15 heavy (non-hydrogen) atoms. The molecule has 3 rings (SSSR count). The summed E-state index contributed by atoms with van der Waals surface area (Å²) in [5.74, 6) is 0.724. The van der Waals surface area contributed by atoms with E-state index in [4.69, 9.17) is 5.73 Å². The van der Waals surface area contributed by atoms with Crippen LogP contribution < -0.4 is 5.73 Å². The van der Waals surface area contributed by atoms with E-state index in [9.17, 15) is 0 Å². The maximum Gasteiger partial charge on any atom is 0.0874 e. The highest BCUT2D eigenvalue weighted by atomic mass is 15.5. The second kappa shape index (κ2) is 3.59. The zero-order valence-electron chi connectivity index (χ0n) is 9.02. The second-order valence-electron chi connectivity index (χ2n) is 4.76. The van der Waals surface area contributed by atoms with Gasteiger partial charge in [-0.1, -0.05) is 11.6 Å². The number of hydrogen-bond donors (Lipinski definition) is 1. The van der Waals surface area contributed by atoms with Crippen molar-refractivity contribution in [3.63, 3.8) is 0 Å². The van der Waals surface area contributed by atoms with Gasteiger partial charge in [-0.3, -0.25) is 0 Å². The number of nitrogens with zero attached hydrogens (tertiary/aromatic N) is 3. The van der Waals surface area contributed by atoms with Crippen LogP contribution in [-0.2, 0) is 6.42 Å². The first-order valence-corrected chi connectivity index (χ1v) is 6.04. The molecular formula is C11H18N4. The molecule has 2 aliphatic rings. The number of hydrogen-bond acceptors (Lipinski definition) is 3. The highest BCUT2D eigenvalue weighted by Gasteiger charge is 2.33. The van der Waals surface area contributed by atoms with Crippen LogP contribution in [0.2, 0.25) is 0 Å². The maximum atomic E-state index is 5.61. The van der Waals surface area contributed by atoms with Gasteiger partial charge in [0.25, 0.3) is 0 Å². The normalized spacial score (nSPS) is 21.7.